The van der Waals surface area contributed by atoms with Gasteiger partial charge in [-0.1, -0.05) is 20.8 Å². The third kappa shape index (κ3) is 3.42. The molecule has 1 N–H and O–H groups in total. The van der Waals surface area contributed by atoms with Gasteiger partial charge in [0.1, 0.15) is 0 Å². The molecule has 1 rings (SSSR count). The summed E-state index contributed by atoms with van der Waals surface area (Å²) in [5.41, 5.74) is 0.826. The van der Waals surface area contributed by atoms with E-state index in [9.17, 15) is 4.79 Å². The lowest BCUT2D eigenvalue weighted by Crippen LogP contribution is -2.34. The van der Waals surface area contributed by atoms with Crippen LogP contribution in [0.1, 0.15) is 26.3 Å². The van der Waals surface area contributed by atoms with Crippen LogP contribution < -0.4 is 5.32 Å². The van der Waals surface area contributed by atoms with Crippen molar-refractivity contribution >= 4 is 33.2 Å². The predicted octanol–water partition coefficient (Wildman–Crippen LogP) is 3.17. The van der Waals surface area contributed by atoms with Crippen molar-refractivity contribution in [2.45, 2.75) is 27.3 Å². The number of hydrogen-bond acceptors (Lipinski definition) is 2. The van der Waals surface area contributed by atoms with E-state index in [0.29, 0.717) is 6.54 Å². The van der Waals surface area contributed by atoms with Crippen LogP contribution in [-0.2, 0) is 11.3 Å². The molecule has 0 aliphatic heterocycles. The van der Waals surface area contributed by atoms with Crippen LogP contribution in [0.2, 0.25) is 0 Å². The zero-order valence-corrected chi connectivity index (χ0v) is 11.0. The summed E-state index contributed by atoms with van der Waals surface area (Å²) in [6.45, 7) is 6.34. The van der Waals surface area contributed by atoms with Crippen LogP contribution in [0.5, 0.6) is 0 Å². The van der Waals surface area contributed by atoms with Crippen molar-refractivity contribution in [3.63, 3.8) is 0 Å². The first kappa shape index (κ1) is 11.7. The Morgan fingerprint density at radius 2 is 2.21 bits per heavy atom. The number of thiophene rings is 1. The molecule has 1 aromatic heterocycles. The Morgan fingerprint density at radius 1 is 1.57 bits per heavy atom. The fourth-order valence-corrected chi connectivity index (χ4v) is 2.10. The molecule has 2 nitrogen and oxygen atoms in total. The van der Waals surface area contributed by atoms with Crippen LogP contribution in [0.3, 0.4) is 0 Å². The second kappa shape index (κ2) is 4.45. The normalized spacial score (nSPS) is 11.4. The van der Waals surface area contributed by atoms with Crippen molar-refractivity contribution in [2.75, 3.05) is 0 Å². The number of hydrogen-bond donors (Lipinski definition) is 1. The fraction of sp³-hybridized carbons (Fsp3) is 0.500. The van der Waals surface area contributed by atoms with Crippen molar-refractivity contribution < 1.29 is 4.79 Å². The Balaban J connectivity index is 2.46. The third-order valence-electron chi connectivity index (χ3n) is 1.76. The van der Waals surface area contributed by atoms with Crippen LogP contribution in [-0.4, -0.2) is 5.91 Å². The van der Waals surface area contributed by atoms with E-state index in [2.05, 4.69) is 21.2 Å². The van der Waals surface area contributed by atoms with Gasteiger partial charge in [0.15, 0.2) is 0 Å². The van der Waals surface area contributed by atoms with Crippen LogP contribution in [0.25, 0.3) is 0 Å². The lowest BCUT2D eigenvalue weighted by molar-refractivity contribution is -0.128. The summed E-state index contributed by atoms with van der Waals surface area (Å²) < 4.78 is 1.09. The molecule has 1 amide bonds. The van der Waals surface area contributed by atoms with Crippen molar-refractivity contribution in [3.05, 3.63) is 20.8 Å². The average Bonchev–Trinajstić information content (AvgIpc) is 2.45. The van der Waals surface area contributed by atoms with Crippen molar-refractivity contribution in [1.82, 2.24) is 5.32 Å². The van der Waals surface area contributed by atoms with E-state index in [4.69, 9.17) is 0 Å². The third-order valence-corrected chi connectivity index (χ3v) is 3.31. The summed E-state index contributed by atoms with van der Waals surface area (Å²) in [6, 6.07) is 2.02. The van der Waals surface area contributed by atoms with Gasteiger partial charge in [0, 0.05) is 12.0 Å². The van der Waals surface area contributed by atoms with E-state index in [1.54, 1.807) is 11.3 Å². The Kier molecular flexibility index (Phi) is 3.72. The minimum Gasteiger partial charge on any atom is -0.352 e. The van der Waals surface area contributed by atoms with E-state index in [1.165, 1.54) is 0 Å². The summed E-state index contributed by atoms with van der Waals surface area (Å²) in [6.07, 6.45) is 0. The Bertz CT molecular complexity index is 327. The van der Waals surface area contributed by atoms with E-state index in [0.717, 1.165) is 9.35 Å². The molecule has 1 heterocycles. The Hall–Kier alpha value is -0.350. The SMILES string of the molecule is CC(C)(C)C(=O)NCc1csc(Br)c1. The molecule has 0 aliphatic carbocycles. The molecule has 0 saturated heterocycles. The number of amides is 1. The van der Waals surface area contributed by atoms with E-state index >= 15 is 0 Å². The molecule has 1 aromatic rings. The highest BCUT2D eigenvalue weighted by molar-refractivity contribution is 9.11. The number of carbonyl (C=O) groups excluding carboxylic acids is 1. The second-order valence-electron chi connectivity index (χ2n) is 4.19. The first-order chi connectivity index (χ1) is 6.39. The smallest absolute Gasteiger partial charge is 0.225 e. The molecule has 0 unspecified atom stereocenters. The zero-order valence-electron chi connectivity index (χ0n) is 8.56. The summed E-state index contributed by atoms with van der Waals surface area (Å²) in [5, 5.41) is 4.93. The highest BCUT2D eigenvalue weighted by Crippen LogP contribution is 2.21. The summed E-state index contributed by atoms with van der Waals surface area (Å²) >= 11 is 5.01. The topological polar surface area (TPSA) is 29.1 Å². The van der Waals surface area contributed by atoms with Gasteiger partial charge in [0.05, 0.1) is 3.79 Å². The van der Waals surface area contributed by atoms with Crippen molar-refractivity contribution in [2.24, 2.45) is 5.41 Å². The average molecular weight is 276 g/mol. The lowest BCUT2D eigenvalue weighted by atomic mass is 9.96. The molecule has 14 heavy (non-hydrogen) atoms. The molecule has 0 spiro atoms. The maximum absolute atomic E-state index is 11.5. The number of halogens is 1. The minimum absolute atomic E-state index is 0.0832. The number of carbonyl (C=O) groups is 1. The van der Waals surface area contributed by atoms with E-state index in [-0.39, 0.29) is 11.3 Å². The van der Waals surface area contributed by atoms with Crippen LogP contribution in [0.4, 0.5) is 0 Å². The molecule has 4 heteroatoms. The Morgan fingerprint density at radius 3 is 2.64 bits per heavy atom. The quantitative estimate of drug-likeness (QED) is 0.883. The fourth-order valence-electron chi connectivity index (χ4n) is 0.886. The standard InChI is InChI=1S/C10H14BrNOS/c1-10(2,3)9(13)12-5-7-4-8(11)14-6-7/h4,6H,5H2,1-3H3,(H,12,13). The minimum atomic E-state index is -0.312. The van der Waals surface area contributed by atoms with Crippen LogP contribution in [0.15, 0.2) is 15.2 Å². The zero-order chi connectivity index (χ0) is 10.8. The highest BCUT2D eigenvalue weighted by atomic mass is 79.9. The van der Waals surface area contributed by atoms with Gasteiger partial charge in [0.2, 0.25) is 5.91 Å². The van der Waals surface area contributed by atoms with Gasteiger partial charge in [-0.2, -0.15) is 0 Å². The molecule has 0 aliphatic rings. The lowest BCUT2D eigenvalue weighted by Gasteiger charge is -2.17. The molecule has 0 saturated carbocycles. The summed E-state index contributed by atoms with van der Waals surface area (Å²) in [4.78, 5) is 11.5. The monoisotopic (exact) mass is 275 g/mol. The van der Waals surface area contributed by atoms with Gasteiger partial charge in [-0.05, 0) is 32.9 Å². The molecular formula is C10H14BrNOS. The van der Waals surface area contributed by atoms with Gasteiger partial charge in [-0.15, -0.1) is 11.3 Å². The Labute approximate surface area is 96.8 Å². The molecule has 0 bridgehead atoms. The summed E-state index contributed by atoms with van der Waals surface area (Å²) in [7, 11) is 0. The maximum Gasteiger partial charge on any atom is 0.225 e. The van der Waals surface area contributed by atoms with E-state index < -0.39 is 0 Å². The first-order valence-electron chi connectivity index (χ1n) is 4.41. The molecule has 0 aromatic carbocycles. The van der Waals surface area contributed by atoms with Crippen LogP contribution in [0, 0.1) is 5.41 Å². The molecule has 0 fully saturated rings. The van der Waals surface area contributed by atoms with E-state index in [1.807, 2.05) is 32.2 Å². The van der Waals surface area contributed by atoms with Gasteiger partial charge in [-0.3, -0.25) is 4.79 Å². The largest absolute Gasteiger partial charge is 0.352 e. The molecule has 0 radical (unpaired) electrons. The molecule has 0 atom stereocenters. The van der Waals surface area contributed by atoms with Gasteiger partial charge >= 0.3 is 0 Å². The van der Waals surface area contributed by atoms with Gasteiger partial charge in [0.25, 0.3) is 0 Å². The number of rotatable bonds is 2. The molecule has 78 valence electrons. The second-order valence-corrected chi connectivity index (χ2v) is 6.48. The maximum atomic E-state index is 11.5. The first-order valence-corrected chi connectivity index (χ1v) is 6.08. The predicted molar refractivity (Wildman–Crippen MR) is 63.3 cm³/mol. The van der Waals surface area contributed by atoms with Crippen molar-refractivity contribution in [1.29, 1.82) is 0 Å². The number of nitrogens with one attached hydrogen (secondary N) is 1. The van der Waals surface area contributed by atoms with Gasteiger partial charge in [-0.25, -0.2) is 0 Å². The summed E-state index contributed by atoms with van der Waals surface area (Å²) in [5.74, 6) is 0.0832. The van der Waals surface area contributed by atoms with Crippen molar-refractivity contribution in [3.8, 4) is 0 Å². The highest BCUT2D eigenvalue weighted by Gasteiger charge is 2.20. The molecular weight excluding hydrogens is 262 g/mol. The van der Waals surface area contributed by atoms with Crippen LogP contribution >= 0.6 is 27.3 Å². The van der Waals surface area contributed by atoms with Gasteiger partial charge < -0.3 is 5.32 Å².